The van der Waals surface area contributed by atoms with E-state index in [0.717, 1.165) is 43.1 Å². The first-order chi connectivity index (χ1) is 10.8. The number of piperidine rings is 1. The summed E-state index contributed by atoms with van der Waals surface area (Å²) < 4.78 is 0. The number of amides is 1. The number of likely N-dealkylation sites (tertiary alicyclic amines) is 1. The van der Waals surface area contributed by atoms with E-state index in [1.807, 2.05) is 23.4 Å². The van der Waals surface area contributed by atoms with Crippen molar-refractivity contribution in [1.82, 2.24) is 25.1 Å². The summed E-state index contributed by atoms with van der Waals surface area (Å²) in [5, 5.41) is 10.7. The first-order valence-corrected chi connectivity index (χ1v) is 9.37. The Labute approximate surface area is 137 Å². The van der Waals surface area contributed by atoms with Gasteiger partial charge in [-0.3, -0.25) is 9.89 Å². The smallest absolute Gasteiger partial charge is 0.233 e. The van der Waals surface area contributed by atoms with E-state index in [4.69, 9.17) is 0 Å². The van der Waals surface area contributed by atoms with Crippen LogP contribution in [0.1, 0.15) is 43.1 Å². The lowest BCUT2D eigenvalue weighted by Crippen LogP contribution is -2.39. The van der Waals surface area contributed by atoms with Crippen LogP contribution in [0.4, 0.5) is 0 Å². The molecule has 3 heterocycles. The first-order valence-electron chi connectivity index (χ1n) is 7.51. The Bertz CT molecular complexity index is 613. The molecule has 6 nitrogen and oxygen atoms in total. The summed E-state index contributed by atoms with van der Waals surface area (Å²) in [5.74, 6) is 1.38. The normalized spacial score (nSPS) is 18.6. The van der Waals surface area contributed by atoms with Crippen LogP contribution in [0.25, 0.3) is 0 Å². The highest BCUT2D eigenvalue weighted by atomic mass is 32.2. The van der Waals surface area contributed by atoms with Crippen molar-refractivity contribution >= 4 is 29.0 Å². The monoisotopic (exact) mass is 337 g/mol. The van der Waals surface area contributed by atoms with Crippen molar-refractivity contribution in [2.75, 3.05) is 12.3 Å². The molecule has 8 heteroatoms. The summed E-state index contributed by atoms with van der Waals surface area (Å²) in [6.07, 6.45) is 5.86. The van der Waals surface area contributed by atoms with Gasteiger partial charge in [0, 0.05) is 24.5 Å². The Balaban J connectivity index is 1.62. The number of carbonyl (C=O) groups is 1. The zero-order chi connectivity index (χ0) is 15.4. The Morgan fingerprint density at radius 1 is 1.55 bits per heavy atom. The van der Waals surface area contributed by atoms with Crippen molar-refractivity contribution in [1.29, 1.82) is 0 Å². The second-order valence-electron chi connectivity index (χ2n) is 5.18. The number of thiazole rings is 1. The zero-order valence-electron chi connectivity index (χ0n) is 12.5. The Morgan fingerprint density at radius 2 is 2.45 bits per heavy atom. The molecular formula is C14H19N5OS2. The van der Waals surface area contributed by atoms with Gasteiger partial charge in [0.25, 0.3) is 0 Å². The lowest BCUT2D eigenvalue weighted by molar-refractivity contribution is -0.132. The lowest BCUT2D eigenvalue weighted by atomic mass is 10.0. The molecule has 0 saturated carbocycles. The standard InChI is InChI=1S/C14H19N5OS2/c1-2-11-16-14(18-17-11)22-9-12(20)19-7-4-3-5-10(19)13-15-6-8-21-13/h6,8,10H,2-5,7,9H2,1H3,(H,16,17,18). The maximum Gasteiger partial charge on any atom is 0.233 e. The van der Waals surface area contributed by atoms with E-state index in [2.05, 4.69) is 20.2 Å². The van der Waals surface area contributed by atoms with Crippen molar-refractivity contribution in [2.45, 2.75) is 43.8 Å². The Hall–Kier alpha value is -1.41. The van der Waals surface area contributed by atoms with Gasteiger partial charge in [0.2, 0.25) is 11.1 Å². The molecule has 0 spiro atoms. The van der Waals surface area contributed by atoms with Gasteiger partial charge in [0.05, 0.1) is 11.8 Å². The number of nitrogens with one attached hydrogen (secondary N) is 1. The van der Waals surface area contributed by atoms with Crippen molar-refractivity contribution in [3.63, 3.8) is 0 Å². The van der Waals surface area contributed by atoms with Crippen LogP contribution in [0, 0.1) is 0 Å². The van der Waals surface area contributed by atoms with E-state index >= 15 is 0 Å². The van der Waals surface area contributed by atoms with Crippen LogP contribution in [0.2, 0.25) is 0 Å². The average Bonchev–Trinajstić information content (AvgIpc) is 3.24. The molecule has 1 amide bonds. The van der Waals surface area contributed by atoms with Crippen LogP contribution < -0.4 is 0 Å². The van der Waals surface area contributed by atoms with E-state index in [0.29, 0.717) is 10.9 Å². The summed E-state index contributed by atoms with van der Waals surface area (Å²) in [4.78, 5) is 23.3. The summed E-state index contributed by atoms with van der Waals surface area (Å²) in [5.41, 5.74) is 0. The van der Waals surface area contributed by atoms with Crippen molar-refractivity contribution in [3.05, 3.63) is 22.4 Å². The quantitative estimate of drug-likeness (QED) is 0.849. The van der Waals surface area contributed by atoms with Crippen LogP contribution in [-0.4, -0.2) is 43.3 Å². The number of aromatic amines is 1. The number of nitrogens with zero attached hydrogens (tertiary/aromatic N) is 4. The van der Waals surface area contributed by atoms with Gasteiger partial charge in [-0.1, -0.05) is 18.7 Å². The fourth-order valence-electron chi connectivity index (χ4n) is 2.60. The number of aromatic nitrogens is 4. The second kappa shape index (κ2) is 7.23. The molecule has 22 heavy (non-hydrogen) atoms. The maximum absolute atomic E-state index is 12.6. The maximum atomic E-state index is 12.6. The molecule has 0 bridgehead atoms. The topological polar surface area (TPSA) is 74.8 Å². The van der Waals surface area contributed by atoms with Gasteiger partial charge in [0.15, 0.2) is 0 Å². The number of carbonyl (C=O) groups excluding carboxylic acids is 1. The molecule has 3 rings (SSSR count). The molecular weight excluding hydrogens is 318 g/mol. The molecule has 1 fully saturated rings. The van der Waals surface area contributed by atoms with Gasteiger partial charge in [-0.25, -0.2) is 9.97 Å². The third-order valence-corrected chi connectivity index (χ3v) is 5.44. The lowest BCUT2D eigenvalue weighted by Gasteiger charge is -2.34. The predicted octanol–water partition coefficient (Wildman–Crippen LogP) is 2.67. The predicted molar refractivity (Wildman–Crippen MR) is 86.9 cm³/mol. The molecule has 0 aromatic carbocycles. The molecule has 1 aliphatic rings. The Kier molecular flexibility index (Phi) is 5.09. The molecule has 118 valence electrons. The van der Waals surface area contributed by atoms with Crippen molar-refractivity contribution in [3.8, 4) is 0 Å². The van der Waals surface area contributed by atoms with Crippen molar-refractivity contribution < 1.29 is 4.79 Å². The zero-order valence-corrected chi connectivity index (χ0v) is 14.1. The van der Waals surface area contributed by atoms with E-state index < -0.39 is 0 Å². The molecule has 1 saturated heterocycles. The third kappa shape index (κ3) is 3.49. The molecule has 1 atom stereocenters. The average molecular weight is 337 g/mol. The number of hydrogen-bond donors (Lipinski definition) is 1. The largest absolute Gasteiger partial charge is 0.332 e. The molecule has 1 N–H and O–H groups in total. The van der Waals surface area contributed by atoms with Gasteiger partial charge in [-0.2, -0.15) is 0 Å². The minimum atomic E-state index is 0.139. The molecule has 1 unspecified atom stereocenters. The van der Waals surface area contributed by atoms with Crippen LogP contribution in [-0.2, 0) is 11.2 Å². The highest BCUT2D eigenvalue weighted by molar-refractivity contribution is 7.99. The van der Waals surface area contributed by atoms with Gasteiger partial charge in [0.1, 0.15) is 10.8 Å². The highest BCUT2D eigenvalue weighted by Crippen LogP contribution is 2.32. The van der Waals surface area contributed by atoms with Crippen molar-refractivity contribution in [2.24, 2.45) is 0 Å². The van der Waals surface area contributed by atoms with E-state index in [9.17, 15) is 4.79 Å². The van der Waals surface area contributed by atoms with Crippen LogP contribution in [0.15, 0.2) is 16.7 Å². The summed E-state index contributed by atoms with van der Waals surface area (Å²) in [6.45, 7) is 2.84. The SMILES string of the molecule is CCc1nc(SCC(=O)N2CCCCC2c2nccs2)n[nH]1. The summed E-state index contributed by atoms with van der Waals surface area (Å²) in [7, 11) is 0. The molecule has 2 aromatic rings. The van der Waals surface area contributed by atoms with Gasteiger partial charge in [-0.05, 0) is 19.3 Å². The van der Waals surface area contributed by atoms with E-state index in [-0.39, 0.29) is 11.9 Å². The molecule has 0 aliphatic carbocycles. The number of hydrogen-bond acceptors (Lipinski definition) is 6. The molecule has 2 aromatic heterocycles. The first kappa shape index (κ1) is 15.5. The number of thioether (sulfide) groups is 1. The molecule has 0 radical (unpaired) electrons. The summed E-state index contributed by atoms with van der Waals surface area (Å²) >= 11 is 3.03. The van der Waals surface area contributed by atoms with Crippen LogP contribution >= 0.6 is 23.1 Å². The van der Waals surface area contributed by atoms with Gasteiger partial charge >= 0.3 is 0 Å². The van der Waals surface area contributed by atoms with Gasteiger partial charge < -0.3 is 4.90 Å². The number of rotatable bonds is 5. The Morgan fingerprint density at radius 3 is 3.18 bits per heavy atom. The van der Waals surface area contributed by atoms with Crippen LogP contribution in [0.5, 0.6) is 0 Å². The number of aryl methyl sites for hydroxylation is 1. The minimum Gasteiger partial charge on any atom is -0.332 e. The van der Waals surface area contributed by atoms with E-state index in [1.165, 1.54) is 11.8 Å². The van der Waals surface area contributed by atoms with Gasteiger partial charge in [-0.15, -0.1) is 16.4 Å². The van der Waals surface area contributed by atoms with E-state index in [1.54, 1.807) is 11.3 Å². The number of H-pyrrole nitrogens is 1. The third-order valence-electron chi connectivity index (χ3n) is 3.73. The fourth-order valence-corrected chi connectivity index (χ4v) is 4.08. The molecule has 1 aliphatic heterocycles. The van der Waals surface area contributed by atoms with Crippen LogP contribution in [0.3, 0.4) is 0 Å². The highest BCUT2D eigenvalue weighted by Gasteiger charge is 2.29. The summed E-state index contributed by atoms with van der Waals surface area (Å²) in [6, 6.07) is 0.139. The second-order valence-corrected chi connectivity index (χ2v) is 7.04. The fraction of sp³-hybridized carbons (Fsp3) is 0.571. The minimum absolute atomic E-state index is 0.139.